The lowest BCUT2D eigenvalue weighted by Crippen LogP contribution is -2.56. The van der Waals surface area contributed by atoms with Crippen LogP contribution < -0.4 is 4.74 Å². The maximum atomic E-state index is 13.9. The first-order chi connectivity index (χ1) is 15.2. The molecule has 0 radical (unpaired) electrons. The topological polar surface area (TPSA) is 68.5 Å². The van der Waals surface area contributed by atoms with Crippen LogP contribution in [0.3, 0.4) is 0 Å². The van der Waals surface area contributed by atoms with Crippen LogP contribution >= 0.6 is 0 Å². The van der Waals surface area contributed by atoms with Crippen LogP contribution in [0.5, 0.6) is 5.75 Å². The fraction of sp³-hybridized carbons (Fsp3) is 0.125. The van der Waals surface area contributed by atoms with Gasteiger partial charge in [0.05, 0.1) is 24.2 Å². The van der Waals surface area contributed by atoms with Gasteiger partial charge in [-0.15, -0.1) is 0 Å². The van der Waals surface area contributed by atoms with E-state index in [1.165, 1.54) is 12.1 Å². The van der Waals surface area contributed by atoms with Crippen LogP contribution in [0.1, 0.15) is 10.4 Å². The summed E-state index contributed by atoms with van der Waals surface area (Å²) in [6, 6.07) is 22.9. The molecule has 0 atom stereocenters. The van der Waals surface area contributed by atoms with Crippen molar-refractivity contribution in [3.63, 3.8) is 0 Å². The van der Waals surface area contributed by atoms with Crippen LogP contribution in [0, 0.1) is 5.82 Å². The Balaban J connectivity index is 1.29. The molecule has 1 aromatic heterocycles. The molecule has 3 aromatic carbocycles. The predicted octanol–water partition coefficient (Wildman–Crippen LogP) is 4.45. The van der Waals surface area contributed by atoms with Crippen molar-refractivity contribution >= 4 is 5.91 Å². The van der Waals surface area contributed by atoms with Crippen molar-refractivity contribution in [2.45, 2.75) is 6.10 Å². The number of benzene rings is 3. The molecule has 5 rings (SSSR count). The van der Waals surface area contributed by atoms with Crippen LogP contribution in [-0.2, 0) is 0 Å². The third-order valence-corrected chi connectivity index (χ3v) is 5.11. The highest BCUT2D eigenvalue weighted by Crippen LogP contribution is 2.32. The molecule has 0 saturated carbocycles. The van der Waals surface area contributed by atoms with Gasteiger partial charge in [-0.25, -0.2) is 4.39 Å². The lowest BCUT2D eigenvalue weighted by Gasteiger charge is -2.39. The van der Waals surface area contributed by atoms with Crippen LogP contribution in [0.4, 0.5) is 4.39 Å². The Kier molecular flexibility index (Phi) is 4.92. The smallest absolute Gasteiger partial charge is 0.262 e. The van der Waals surface area contributed by atoms with Crippen molar-refractivity contribution in [2.24, 2.45) is 0 Å². The number of halogens is 1. The normalized spacial score (nSPS) is 13.6. The van der Waals surface area contributed by atoms with Gasteiger partial charge in [0.1, 0.15) is 17.7 Å². The molecule has 31 heavy (non-hydrogen) atoms. The van der Waals surface area contributed by atoms with Gasteiger partial charge < -0.3 is 14.2 Å². The quantitative estimate of drug-likeness (QED) is 0.482. The minimum Gasteiger partial charge on any atom is -0.486 e. The summed E-state index contributed by atoms with van der Waals surface area (Å²) >= 11 is 0. The van der Waals surface area contributed by atoms with Gasteiger partial charge in [0, 0.05) is 5.56 Å². The second-order valence-electron chi connectivity index (χ2n) is 7.22. The molecule has 0 aliphatic carbocycles. The summed E-state index contributed by atoms with van der Waals surface area (Å²) < 4.78 is 25.4. The number of likely N-dealkylation sites (tertiary alicyclic amines) is 1. The number of hydrogen-bond acceptors (Lipinski definition) is 5. The minimum atomic E-state index is -0.521. The number of para-hydroxylation sites is 1. The Bertz CT molecular complexity index is 1220. The first kappa shape index (κ1) is 19.0. The van der Waals surface area contributed by atoms with E-state index in [1.54, 1.807) is 17.0 Å². The molecule has 1 amide bonds. The van der Waals surface area contributed by atoms with Gasteiger partial charge in [-0.1, -0.05) is 59.8 Å². The molecule has 7 heteroatoms. The van der Waals surface area contributed by atoms with Crippen molar-refractivity contribution in [3.8, 4) is 28.6 Å². The van der Waals surface area contributed by atoms with Gasteiger partial charge in [0.25, 0.3) is 11.8 Å². The average molecular weight is 415 g/mol. The zero-order chi connectivity index (χ0) is 21.2. The van der Waals surface area contributed by atoms with Gasteiger partial charge in [-0.2, -0.15) is 4.98 Å². The molecule has 1 aliphatic heterocycles. The van der Waals surface area contributed by atoms with Crippen LogP contribution in [-0.4, -0.2) is 40.1 Å². The maximum Gasteiger partial charge on any atom is 0.262 e. The molecule has 6 nitrogen and oxygen atoms in total. The maximum absolute atomic E-state index is 13.9. The highest BCUT2D eigenvalue weighted by molar-refractivity contribution is 5.95. The van der Waals surface area contributed by atoms with E-state index in [2.05, 4.69) is 10.1 Å². The number of hydrogen-bond donors (Lipinski definition) is 0. The summed E-state index contributed by atoms with van der Waals surface area (Å²) in [6.07, 6.45) is -0.201. The Morgan fingerprint density at radius 3 is 2.48 bits per heavy atom. The number of aromatic nitrogens is 2. The average Bonchev–Trinajstić information content (AvgIpc) is 3.27. The fourth-order valence-corrected chi connectivity index (χ4v) is 3.45. The molecule has 0 N–H and O–H groups in total. The molecule has 0 bridgehead atoms. The highest BCUT2D eigenvalue weighted by Gasteiger charge is 2.34. The summed E-state index contributed by atoms with van der Waals surface area (Å²) in [5.41, 5.74) is 1.61. The molecular weight excluding hydrogens is 397 g/mol. The molecule has 1 aliphatic rings. The van der Waals surface area contributed by atoms with E-state index < -0.39 is 5.82 Å². The van der Waals surface area contributed by atoms with Gasteiger partial charge in [0.15, 0.2) is 0 Å². The van der Waals surface area contributed by atoms with E-state index in [1.807, 2.05) is 54.6 Å². The van der Waals surface area contributed by atoms with Crippen molar-refractivity contribution in [3.05, 3.63) is 90.2 Å². The number of nitrogens with zero attached hydrogens (tertiary/aromatic N) is 3. The SMILES string of the molecule is O=C(c1ccccc1F)N1CC(Oc2ccccc2-c2nc(-c3ccccc3)no2)C1. The molecule has 1 fully saturated rings. The van der Waals surface area contributed by atoms with E-state index in [0.717, 1.165) is 5.56 Å². The van der Waals surface area contributed by atoms with Crippen LogP contribution in [0.15, 0.2) is 83.4 Å². The van der Waals surface area contributed by atoms with E-state index in [0.29, 0.717) is 36.1 Å². The zero-order valence-corrected chi connectivity index (χ0v) is 16.4. The summed E-state index contributed by atoms with van der Waals surface area (Å²) in [4.78, 5) is 18.5. The van der Waals surface area contributed by atoms with Crippen molar-refractivity contribution in [1.82, 2.24) is 15.0 Å². The number of carbonyl (C=O) groups is 1. The van der Waals surface area contributed by atoms with Gasteiger partial charge in [0.2, 0.25) is 5.82 Å². The molecule has 0 unspecified atom stereocenters. The first-order valence-electron chi connectivity index (χ1n) is 9.88. The zero-order valence-electron chi connectivity index (χ0n) is 16.4. The number of ether oxygens (including phenoxy) is 1. The minimum absolute atomic E-state index is 0.0700. The first-order valence-corrected chi connectivity index (χ1v) is 9.88. The summed E-state index contributed by atoms with van der Waals surface area (Å²) in [5.74, 6) is 0.584. The number of rotatable bonds is 5. The summed E-state index contributed by atoms with van der Waals surface area (Å²) in [5, 5.41) is 4.06. The standard InChI is InChI=1S/C24H18FN3O3/c25-20-12-6-4-10-18(20)24(29)28-14-17(15-28)30-21-13-7-5-11-19(21)23-26-22(27-31-23)16-8-2-1-3-9-16/h1-13,17H,14-15H2. The Morgan fingerprint density at radius 2 is 1.68 bits per heavy atom. The summed E-state index contributed by atoms with van der Waals surface area (Å²) in [7, 11) is 0. The highest BCUT2D eigenvalue weighted by atomic mass is 19.1. The molecule has 154 valence electrons. The molecular formula is C24H18FN3O3. The Morgan fingerprint density at radius 1 is 0.968 bits per heavy atom. The number of carbonyl (C=O) groups excluding carboxylic acids is 1. The van der Waals surface area contributed by atoms with Crippen molar-refractivity contribution in [2.75, 3.05) is 13.1 Å². The van der Waals surface area contributed by atoms with Gasteiger partial charge >= 0.3 is 0 Å². The molecule has 2 heterocycles. The number of amides is 1. The second kappa shape index (κ2) is 8.02. The third kappa shape index (κ3) is 3.77. The lowest BCUT2D eigenvalue weighted by molar-refractivity contribution is 0.0176. The molecule has 0 spiro atoms. The second-order valence-corrected chi connectivity index (χ2v) is 7.22. The molecule has 1 saturated heterocycles. The van der Waals surface area contributed by atoms with Gasteiger partial charge in [-0.05, 0) is 24.3 Å². The third-order valence-electron chi connectivity index (χ3n) is 5.11. The predicted molar refractivity (Wildman–Crippen MR) is 112 cm³/mol. The summed E-state index contributed by atoms with van der Waals surface area (Å²) in [6.45, 7) is 0.751. The van der Waals surface area contributed by atoms with Gasteiger partial charge in [-0.3, -0.25) is 4.79 Å². The lowest BCUT2D eigenvalue weighted by atomic mass is 10.1. The Hall–Kier alpha value is -4.00. The fourth-order valence-electron chi connectivity index (χ4n) is 3.45. The Labute approximate surface area is 177 Å². The van der Waals surface area contributed by atoms with E-state index in [4.69, 9.17) is 9.26 Å². The van der Waals surface area contributed by atoms with Crippen molar-refractivity contribution < 1.29 is 18.4 Å². The monoisotopic (exact) mass is 415 g/mol. The largest absolute Gasteiger partial charge is 0.486 e. The van der Waals surface area contributed by atoms with Crippen LogP contribution in [0.2, 0.25) is 0 Å². The van der Waals surface area contributed by atoms with E-state index in [-0.39, 0.29) is 17.6 Å². The van der Waals surface area contributed by atoms with Crippen LogP contribution in [0.25, 0.3) is 22.8 Å². The van der Waals surface area contributed by atoms with E-state index in [9.17, 15) is 9.18 Å². The molecule has 4 aromatic rings. The van der Waals surface area contributed by atoms with Crippen molar-refractivity contribution in [1.29, 1.82) is 0 Å². The van der Waals surface area contributed by atoms with E-state index >= 15 is 0 Å².